The highest BCUT2D eigenvalue weighted by atomic mass is 16.2. The number of carbonyl (C=O) groups is 1. The van der Waals surface area contributed by atoms with Crippen LogP contribution in [-0.2, 0) is 20.1 Å². The van der Waals surface area contributed by atoms with Crippen LogP contribution in [0, 0.1) is 0 Å². The SMILES string of the molecule is Cn1nnc(C(=O)NC2CCC(NCc3nccc(NCc4cc(C5CC5)n[nH]4)n3)CC2)n1. The largest absolute Gasteiger partial charge is 0.364 e. The summed E-state index contributed by atoms with van der Waals surface area (Å²) in [7, 11) is 1.64. The first kappa shape index (κ1) is 21.4. The number of aromatic amines is 1. The summed E-state index contributed by atoms with van der Waals surface area (Å²) >= 11 is 0. The molecule has 2 fully saturated rings. The maximum atomic E-state index is 12.2. The minimum Gasteiger partial charge on any atom is -0.364 e. The first-order valence-electron chi connectivity index (χ1n) is 11.5. The van der Waals surface area contributed by atoms with Gasteiger partial charge < -0.3 is 16.0 Å². The molecule has 2 aliphatic rings. The lowest BCUT2D eigenvalue weighted by atomic mass is 9.91. The molecule has 2 aliphatic carbocycles. The molecule has 0 spiro atoms. The molecule has 3 aromatic heterocycles. The van der Waals surface area contributed by atoms with Crippen molar-refractivity contribution >= 4 is 11.7 Å². The maximum absolute atomic E-state index is 12.2. The second kappa shape index (κ2) is 9.61. The Bertz CT molecular complexity index is 1080. The van der Waals surface area contributed by atoms with Gasteiger partial charge in [-0.25, -0.2) is 9.97 Å². The van der Waals surface area contributed by atoms with Crippen molar-refractivity contribution in [2.75, 3.05) is 5.32 Å². The Hall–Kier alpha value is -3.41. The number of tetrazole rings is 1. The van der Waals surface area contributed by atoms with E-state index < -0.39 is 0 Å². The summed E-state index contributed by atoms with van der Waals surface area (Å²) in [4.78, 5) is 22.5. The van der Waals surface area contributed by atoms with E-state index in [1.165, 1.54) is 23.3 Å². The average Bonchev–Trinajstić information content (AvgIpc) is 3.41. The summed E-state index contributed by atoms with van der Waals surface area (Å²) in [5.41, 5.74) is 2.23. The molecule has 0 bridgehead atoms. The van der Waals surface area contributed by atoms with Crippen LogP contribution in [0.4, 0.5) is 5.82 Å². The summed E-state index contributed by atoms with van der Waals surface area (Å²) in [5.74, 6) is 2.05. The van der Waals surface area contributed by atoms with Crippen LogP contribution < -0.4 is 16.0 Å². The fraction of sp³-hybridized carbons (Fsp3) is 0.571. The number of anilines is 1. The van der Waals surface area contributed by atoms with Crippen molar-refractivity contribution in [3.05, 3.63) is 41.4 Å². The molecule has 1 amide bonds. The van der Waals surface area contributed by atoms with E-state index in [2.05, 4.69) is 57.6 Å². The quantitative estimate of drug-likeness (QED) is 0.374. The van der Waals surface area contributed by atoms with Crippen LogP contribution in [0.5, 0.6) is 0 Å². The summed E-state index contributed by atoms with van der Waals surface area (Å²) in [5, 5.41) is 28.8. The Morgan fingerprint density at radius 2 is 1.97 bits per heavy atom. The molecule has 0 atom stereocenters. The fourth-order valence-corrected chi connectivity index (χ4v) is 4.13. The zero-order valence-electron chi connectivity index (χ0n) is 18.7. The molecule has 3 aromatic rings. The third-order valence-electron chi connectivity index (χ3n) is 6.13. The summed E-state index contributed by atoms with van der Waals surface area (Å²) in [6.45, 7) is 1.26. The minimum absolute atomic E-state index is 0.110. The normalized spacial score (nSPS) is 20.5. The topological polar surface area (TPSA) is 151 Å². The highest BCUT2D eigenvalue weighted by Gasteiger charge is 2.26. The third kappa shape index (κ3) is 5.69. The van der Waals surface area contributed by atoms with Gasteiger partial charge in [0.15, 0.2) is 0 Å². The van der Waals surface area contributed by atoms with Gasteiger partial charge in [0.1, 0.15) is 11.6 Å². The summed E-state index contributed by atoms with van der Waals surface area (Å²) in [6.07, 6.45) is 8.02. The van der Waals surface area contributed by atoms with Crippen molar-refractivity contribution in [1.82, 2.24) is 51.0 Å². The van der Waals surface area contributed by atoms with Crippen molar-refractivity contribution in [3.63, 3.8) is 0 Å². The van der Waals surface area contributed by atoms with Crippen molar-refractivity contribution in [3.8, 4) is 0 Å². The highest BCUT2D eigenvalue weighted by molar-refractivity contribution is 5.90. The molecule has 3 heterocycles. The molecule has 0 aliphatic heterocycles. The number of amides is 1. The molecule has 2 saturated carbocycles. The van der Waals surface area contributed by atoms with Crippen LogP contribution in [0.3, 0.4) is 0 Å². The van der Waals surface area contributed by atoms with E-state index in [0.29, 0.717) is 25.0 Å². The molecule has 0 saturated heterocycles. The van der Waals surface area contributed by atoms with Gasteiger partial charge >= 0.3 is 0 Å². The molecule has 0 aromatic carbocycles. The zero-order chi connectivity index (χ0) is 22.6. The zero-order valence-corrected chi connectivity index (χ0v) is 18.7. The first-order chi connectivity index (χ1) is 16.1. The Kier molecular flexibility index (Phi) is 6.24. The summed E-state index contributed by atoms with van der Waals surface area (Å²) in [6, 6.07) is 4.52. The molecule has 5 rings (SSSR count). The first-order valence-corrected chi connectivity index (χ1v) is 11.5. The van der Waals surface area contributed by atoms with E-state index in [9.17, 15) is 4.79 Å². The molecule has 0 radical (unpaired) electrons. The molecule has 4 N–H and O–H groups in total. The lowest BCUT2D eigenvalue weighted by Gasteiger charge is -2.29. The molecule has 0 unspecified atom stereocenters. The number of nitrogens with zero attached hydrogens (tertiary/aromatic N) is 7. The smallest absolute Gasteiger partial charge is 0.293 e. The number of carbonyl (C=O) groups excluding carboxylic acids is 1. The van der Waals surface area contributed by atoms with Crippen LogP contribution >= 0.6 is 0 Å². The van der Waals surface area contributed by atoms with Gasteiger partial charge in [0, 0.05) is 24.2 Å². The van der Waals surface area contributed by atoms with E-state index >= 15 is 0 Å². The van der Waals surface area contributed by atoms with Crippen LogP contribution in [0.2, 0.25) is 0 Å². The van der Waals surface area contributed by atoms with Crippen molar-refractivity contribution in [2.24, 2.45) is 7.05 Å². The van der Waals surface area contributed by atoms with E-state index in [0.717, 1.165) is 43.0 Å². The van der Waals surface area contributed by atoms with Crippen molar-refractivity contribution < 1.29 is 4.79 Å². The Balaban J connectivity index is 1.04. The van der Waals surface area contributed by atoms with E-state index in [-0.39, 0.29) is 17.8 Å². The number of nitrogens with one attached hydrogen (secondary N) is 4. The molecule has 174 valence electrons. The van der Waals surface area contributed by atoms with Gasteiger partial charge in [-0.1, -0.05) is 0 Å². The lowest BCUT2D eigenvalue weighted by Crippen LogP contribution is -2.42. The van der Waals surface area contributed by atoms with Crippen LogP contribution in [0.25, 0.3) is 0 Å². The molecule has 12 nitrogen and oxygen atoms in total. The number of hydrogen-bond donors (Lipinski definition) is 4. The van der Waals surface area contributed by atoms with Crippen molar-refractivity contribution in [2.45, 2.75) is 69.6 Å². The van der Waals surface area contributed by atoms with Crippen molar-refractivity contribution in [1.29, 1.82) is 0 Å². The van der Waals surface area contributed by atoms with Gasteiger partial charge in [-0.3, -0.25) is 9.89 Å². The van der Waals surface area contributed by atoms with Gasteiger partial charge in [0.2, 0.25) is 0 Å². The number of aryl methyl sites for hydroxylation is 1. The van der Waals surface area contributed by atoms with E-state index in [1.807, 2.05) is 6.07 Å². The molecular weight excluding hydrogens is 422 g/mol. The highest BCUT2D eigenvalue weighted by Crippen LogP contribution is 2.39. The number of aromatic nitrogens is 8. The average molecular weight is 452 g/mol. The Morgan fingerprint density at radius 1 is 1.15 bits per heavy atom. The van der Waals surface area contributed by atoms with Gasteiger partial charge in [-0.15, -0.1) is 10.2 Å². The number of hydrogen-bond acceptors (Lipinski definition) is 9. The van der Waals surface area contributed by atoms with Crippen LogP contribution in [0.1, 0.15) is 72.3 Å². The van der Waals surface area contributed by atoms with Gasteiger partial charge in [-0.05, 0) is 55.9 Å². The predicted octanol–water partition coefficient (Wildman–Crippen LogP) is 1.04. The third-order valence-corrected chi connectivity index (χ3v) is 6.13. The maximum Gasteiger partial charge on any atom is 0.293 e. The molecular formula is C21H29N11O. The van der Waals surface area contributed by atoms with Crippen LogP contribution in [-0.4, -0.2) is 58.4 Å². The van der Waals surface area contributed by atoms with E-state index in [4.69, 9.17) is 0 Å². The standard InChI is InChI=1S/C21H29N11O/c1-32-30-20(29-31-32)21(33)25-15-6-4-14(5-7-15)23-12-19-22-9-8-18(26-19)24-11-16-10-17(28-27-16)13-2-3-13/h8-10,13-15,23H,2-7,11-12H2,1H3,(H,25,33)(H,27,28)(H,22,24,26). The monoisotopic (exact) mass is 451 g/mol. The van der Waals surface area contributed by atoms with Gasteiger partial charge in [-0.2, -0.15) is 9.90 Å². The second-order valence-corrected chi connectivity index (χ2v) is 8.81. The van der Waals surface area contributed by atoms with Gasteiger partial charge in [0.05, 0.1) is 31.5 Å². The minimum atomic E-state index is -0.267. The molecule has 12 heteroatoms. The lowest BCUT2D eigenvalue weighted by molar-refractivity contribution is 0.0913. The molecule has 33 heavy (non-hydrogen) atoms. The predicted molar refractivity (Wildman–Crippen MR) is 119 cm³/mol. The number of H-pyrrole nitrogens is 1. The van der Waals surface area contributed by atoms with Gasteiger partial charge in [0.25, 0.3) is 11.7 Å². The Labute approximate surface area is 191 Å². The second-order valence-electron chi connectivity index (χ2n) is 8.81. The van der Waals surface area contributed by atoms with Crippen LogP contribution in [0.15, 0.2) is 18.3 Å². The Morgan fingerprint density at radius 3 is 2.73 bits per heavy atom. The van der Waals surface area contributed by atoms with E-state index in [1.54, 1.807) is 13.2 Å². The summed E-state index contributed by atoms with van der Waals surface area (Å²) < 4.78 is 0. The number of rotatable bonds is 9. The fourth-order valence-electron chi connectivity index (χ4n) is 4.13.